The highest BCUT2D eigenvalue weighted by atomic mass is 16.5. The van der Waals surface area contributed by atoms with E-state index in [1.807, 2.05) is 30.3 Å². The Balaban J connectivity index is 2.72. The van der Waals surface area contributed by atoms with Gasteiger partial charge in [0.2, 0.25) is 0 Å². The minimum Gasteiger partial charge on any atom is -0.493 e. The lowest BCUT2D eigenvalue weighted by atomic mass is 10.0. The zero-order chi connectivity index (χ0) is 11.5. The number of benzene rings is 2. The molecule has 1 N–H and O–H groups in total. The first-order chi connectivity index (χ1) is 7.80. The van der Waals surface area contributed by atoms with E-state index in [9.17, 15) is 5.11 Å². The Morgan fingerprint density at radius 1 is 1.06 bits per heavy atom. The number of hydrogen-bond acceptors (Lipinski definition) is 3. The van der Waals surface area contributed by atoms with Crippen molar-refractivity contribution in [1.82, 2.24) is 0 Å². The lowest BCUT2D eigenvalue weighted by Crippen LogP contribution is -1.92. The number of fused-ring (bicyclic) bond motifs is 1. The summed E-state index contributed by atoms with van der Waals surface area (Å²) in [5.41, 5.74) is 0.887. The molecule has 0 saturated carbocycles. The number of ether oxygens (including phenoxy) is 2. The zero-order valence-electron chi connectivity index (χ0n) is 9.36. The van der Waals surface area contributed by atoms with E-state index in [1.165, 1.54) is 0 Å². The molecule has 3 nitrogen and oxygen atoms in total. The number of hydrogen-bond donors (Lipinski definition) is 1. The lowest BCUT2D eigenvalue weighted by Gasteiger charge is -2.10. The number of methoxy groups -OCH3 is 2. The molecular formula is C13H14O3. The molecule has 84 valence electrons. The van der Waals surface area contributed by atoms with Crippen molar-refractivity contribution < 1.29 is 14.6 Å². The highest BCUT2D eigenvalue weighted by Gasteiger charge is 2.07. The van der Waals surface area contributed by atoms with Crippen LogP contribution in [0.3, 0.4) is 0 Å². The monoisotopic (exact) mass is 218 g/mol. The summed E-state index contributed by atoms with van der Waals surface area (Å²) in [5, 5.41) is 11.3. The van der Waals surface area contributed by atoms with Crippen LogP contribution < -0.4 is 9.47 Å². The van der Waals surface area contributed by atoms with Gasteiger partial charge in [-0.1, -0.05) is 18.2 Å². The Labute approximate surface area is 94.2 Å². The van der Waals surface area contributed by atoms with Crippen LogP contribution in [0, 0.1) is 0 Å². The van der Waals surface area contributed by atoms with Crippen LogP contribution in [0.5, 0.6) is 11.5 Å². The summed E-state index contributed by atoms with van der Waals surface area (Å²) in [6, 6.07) is 9.59. The zero-order valence-corrected chi connectivity index (χ0v) is 9.36. The van der Waals surface area contributed by atoms with Crippen LogP contribution >= 0.6 is 0 Å². The van der Waals surface area contributed by atoms with Crippen LogP contribution in [0.4, 0.5) is 0 Å². The molecule has 0 spiro atoms. The molecule has 3 heteroatoms. The third-order valence-electron chi connectivity index (χ3n) is 2.65. The standard InChI is InChI=1S/C13H14O3/c1-15-12-6-9-4-3-5-10(8-14)11(9)7-13(12)16-2/h3-7,14H,8H2,1-2H3. The van der Waals surface area contributed by atoms with Crippen LogP contribution in [0.25, 0.3) is 10.8 Å². The first kappa shape index (κ1) is 10.8. The third kappa shape index (κ3) is 1.70. The van der Waals surface area contributed by atoms with Gasteiger partial charge in [0.15, 0.2) is 11.5 Å². The summed E-state index contributed by atoms with van der Waals surface area (Å²) in [6.45, 7) is 0.0207. The van der Waals surface area contributed by atoms with Gasteiger partial charge in [0.05, 0.1) is 20.8 Å². The quantitative estimate of drug-likeness (QED) is 0.859. The minimum atomic E-state index is 0.0207. The van der Waals surface area contributed by atoms with E-state index in [2.05, 4.69) is 0 Å². The molecule has 0 radical (unpaired) electrons. The maximum atomic E-state index is 9.25. The molecule has 0 fully saturated rings. The van der Waals surface area contributed by atoms with Gasteiger partial charge in [-0.3, -0.25) is 0 Å². The molecule has 2 rings (SSSR count). The van der Waals surface area contributed by atoms with Crippen molar-refractivity contribution in [1.29, 1.82) is 0 Å². The van der Waals surface area contributed by atoms with E-state index >= 15 is 0 Å². The van der Waals surface area contributed by atoms with Crippen molar-refractivity contribution in [3.63, 3.8) is 0 Å². The maximum absolute atomic E-state index is 9.25. The topological polar surface area (TPSA) is 38.7 Å². The van der Waals surface area contributed by atoms with Gasteiger partial charge >= 0.3 is 0 Å². The van der Waals surface area contributed by atoms with Crippen molar-refractivity contribution in [3.05, 3.63) is 35.9 Å². The fraction of sp³-hybridized carbons (Fsp3) is 0.231. The van der Waals surface area contributed by atoms with Crippen LogP contribution in [0.15, 0.2) is 30.3 Å². The summed E-state index contributed by atoms with van der Waals surface area (Å²) in [4.78, 5) is 0. The molecule has 0 atom stereocenters. The molecule has 0 aliphatic heterocycles. The van der Waals surface area contributed by atoms with Crippen molar-refractivity contribution in [3.8, 4) is 11.5 Å². The van der Waals surface area contributed by atoms with Crippen LogP contribution in [0.2, 0.25) is 0 Å². The summed E-state index contributed by atoms with van der Waals surface area (Å²) < 4.78 is 10.5. The summed E-state index contributed by atoms with van der Waals surface area (Å²) in [5.74, 6) is 1.38. The summed E-state index contributed by atoms with van der Waals surface area (Å²) in [6.07, 6.45) is 0. The van der Waals surface area contributed by atoms with Gasteiger partial charge in [0, 0.05) is 0 Å². The van der Waals surface area contributed by atoms with E-state index in [0.29, 0.717) is 11.5 Å². The molecule has 0 aliphatic carbocycles. The summed E-state index contributed by atoms with van der Waals surface area (Å²) in [7, 11) is 3.21. The molecule has 2 aromatic carbocycles. The predicted octanol–water partition coefficient (Wildman–Crippen LogP) is 2.35. The average molecular weight is 218 g/mol. The fourth-order valence-electron chi connectivity index (χ4n) is 1.81. The largest absolute Gasteiger partial charge is 0.493 e. The molecule has 0 aromatic heterocycles. The molecular weight excluding hydrogens is 204 g/mol. The number of rotatable bonds is 3. The number of aliphatic hydroxyl groups is 1. The van der Waals surface area contributed by atoms with Crippen molar-refractivity contribution in [2.24, 2.45) is 0 Å². The normalized spacial score (nSPS) is 10.4. The van der Waals surface area contributed by atoms with Gasteiger partial charge in [-0.05, 0) is 28.5 Å². The Bertz CT molecular complexity index is 506. The first-order valence-corrected chi connectivity index (χ1v) is 5.04. The molecule has 0 unspecified atom stereocenters. The van der Waals surface area contributed by atoms with Gasteiger partial charge in [-0.25, -0.2) is 0 Å². The maximum Gasteiger partial charge on any atom is 0.161 e. The van der Waals surface area contributed by atoms with E-state index < -0.39 is 0 Å². The Hall–Kier alpha value is -1.74. The van der Waals surface area contributed by atoms with E-state index in [4.69, 9.17) is 9.47 Å². The smallest absolute Gasteiger partial charge is 0.161 e. The van der Waals surface area contributed by atoms with Gasteiger partial charge in [-0.15, -0.1) is 0 Å². The summed E-state index contributed by atoms with van der Waals surface area (Å²) >= 11 is 0. The second kappa shape index (κ2) is 4.41. The van der Waals surface area contributed by atoms with Crippen molar-refractivity contribution in [2.45, 2.75) is 6.61 Å². The molecule has 0 saturated heterocycles. The Morgan fingerprint density at radius 3 is 2.38 bits per heavy atom. The number of aliphatic hydroxyl groups excluding tert-OH is 1. The van der Waals surface area contributed by atoms with Gasteiger partial charge in [-0.2, -0.15) is 0 Å². The molecule has 0 heterocycles. The van der Waals surface area contributed by atoms with Crippen molar-refractivity contribution >= 4 is 10.8 Å². The highest BCUT2D eigenvalue weighted by Crippen LogP contribution is 2.33. The average Bonchev–Trinajstić information content (AvgIpc) is 2.36. The fourth-order valence-corrected chi connectivity index (χ4v) is 1.81. The van der Waals surface area contributed by atoms with Crippen LogP contribution in [-0.2, 0) is 6.61 Å². The van der Waals surface area contributed by atoms with Crippen LogP contribution in [0.1, 0.15) is 5.56 Å². The molecule has 0 aliphatic rings. The SMILES string of the molecule is COc1cc2cccc(CO)c2cc1OC. The van der Waals surface area contributed by atoms with Gasteiger partial charge < -0.3 is 14.6 Å². The highest BCUT2D eigenvalue weighted by molar-refractivity contribution is 5.88. The minimum absolute atomic E-state index is 0.0207. The molecule has 0 amide bonds. The Morgan fingerprint density at radius 2 is 1.75 bits per heavy atom. The lowest BCUT2D eigenvalue weighted by molar-refractivity contribution is 0.283. The van der Waals surface area contributed by atoms with E-state index in [-0.39, 0.29) is 6.61 Å². The molecule has 16 heavy (non-hydrogen) atoms. The second-order valence-electron chi connectivity index (χ2n) is 3.50. The van der Waals surface area contributed by atoms with Crippen molar-refractivity contribution in [2.75, 3.05) is 14.2 Å². The molecule has 0 bridgehead atoms. The van der Waals surface area contributed by atoms with Crippen LogP contribution in [-0.4, -0.2) is 19.3 Å². The molecule has 2 aromatic rings. The van der Waals surface area contributed by atoms with E-state index in [0.717, 1.165) is 16.3 Å². The third-order valence-corrected chi connectivity index (χ3v) is 2.65. The van der Waals surface area contributed by atoms with Gasteiger partial charge in [0.25, 0.3) is 0 Å². The predicted molar refractivity (Wildman–Crippen MR) is 63.0 cm³/mol. The van der Waals surface area contributed by atoms with Gasteiger partial charge in [0.1, 0.15) is 0 Å². The van der Waals surface area contributed by atoms with E-state index in [1.54, 1.807) is 14.2 Å². The Kier molecular flexibility index (Phi) is 2.97. The first-order valence-electron chi connectivity index (χ1n) is 5.04. The second-order valence-corrected chi connectivity index (χ2v) is 3.50.